The lowest BCUT2D eigenvalue weighted by Crippen LogP contribution is -2.31. The summed E-state index contributed by atoms with van der Waals surface area (Å²) in [6.45, 7) is 1.18. The molecule has 1 aromatic carbocycles. The summed E-state index contributed by atoms with van der Waals surface area (Å²) in [6.07, 6.45) is 2.31. The summed E-state index contributed by atoms with van der Waals surface area (Å²) >= 11 is 0. The average molecular weight is 320 g/mol. The Morgan fingerprint density at radius 3 is 2.92 bits per heavy atom. The maximum Gasteiger partial charge on any atom is 0.272 e. The smallest absolute Gasteiger partial charge is 0.272 e. The highest BCUT2D eigenvalue weighted by atomic mass is 16.5. The lowest BCUT2D eigenvalue weighted by molar-refractivity contribution is 0.0765. The number of benzene rings is 1. The Bertz CT molecular complexity index is 869. The van der Waals surface area contributed by atoms with Crippen LogP contribution < -0.4 is 4.74 Å². The number of pyridine rings is 1. The van der Waals surface area contributed by atoms with Crippen LogP contribution in [0.25, 0.3) is 10.9 Å². The van der Waals surface area contributed by atoms with Crippen molar-refractivity contribution in [3.05, 3.63) is 60.4 Å². The Balaban J connectivity index is 1.46. The number of ether oxygens (including phenoxy) is 1. The lowest BCUT2D eigenvalue weighted by atomic mass is 10.2. The van der Waals surface area contributed by atoms with Crippen molar-refractivity contribution in [2.75, 3.05) is 13.1 Å². The zero-order valence-corrected chi connectivity index (χ0v) is 13.0. The van der Waals surface area contributed by atoms with E-state index in [2.05, 4.69) is 15.2 Å². The number of likely N-dealkylation sites (tertiary alicyclic amines) is 1. The summed E-state index contributed by atoms with van der Waals surface area (Å²) < 4.78 is 5.77. The van der Waals surface area contributed by atoms with Gasteiger partial charge in [0, 0.05) is 30.6 Å². The molecule has 0 aliphatic carbocycles. The molecule has 1 fully saturated rings. The number of carbonyl (C=O) groups excluding carboxylic acids is 1. The van der Waals surface area contributed by atoms with Gasteiger partial charge in [-0.3, -0.25) is 4.79 Å². The van der Waals surface area contributed by atoms with E-state index in [-0.39, 0.29) is 12.0 Å². The molecule has 2 aromatic heterocycles. The largest absolute Gasteiger partial charge is 0.471 e. The van der Waals surface area contributed by atoms with Gasteiger partial charge in [0.05, 0.1) is 12.1 Å². The minimum Gasteiger partial charge on any atom is -0.471 e. The van der Waals surface area contributed by atoms with Gasteiger partial charge in [0.2, 0.25) is 5.88 Å². The number of hydrogen-bond donors (Lipinski definition) is 0. The second-order valence-corrected chi connectivity index (χ2v) is 5.73. The second-order valence-electron chi connectivity index (χ2n) is 5.73. The van der Waals surface area contributed by atoms with Crippen molar-refractivity contribution in [2.24, 2.45) is 0 Å². The van der Waals surface area contributed by atoms with Crippen molar-refractivity contribution in [1.82, 2.24) is 20.1 Å². The van der Waals surface area contributed by atoms with Crippen LogP contribution in [-0.4, -0.2) is 45.2 Å². The molecule has 120 valence electrons. The van der Waals surface area contributed by atoms with Crippen LogP contribution in [0.3, 0.4) is 0 Å². The summed E-state index contributed by atoms with van der Waals surface area (Å²) in [7, 11) is 0. The summed E-state index contributed by atoms with van der Waals surface area (Å²) in [5, 5.41) is 8.74. The van der Waals surface area contributed by atoms with E-state index in [1.165, 1.54) is 0 Å². The maximum atomic E-state index is 12.7. The van der Waals surface area contributed by atoms with Gasteiger partial charge in [-0.2, -0.15) is 5.10 Å². The normalized spacial score (nSPS) is 17.2. The number of amides is 1. The first-order valence-electron chi connectivity index (χ1n) is 7.89. The zero-order valence-electron chi connectivity index (χ0n) is 13.0. The van der Waals surface area contributed by atoms with Gasteiger partial charge in [0.15, 0.2) is 0 Å². The van der Waals surface area contributed by atoms with Gasteiger partial charge in [0.1, 0.15) is 11.8 Å². The highest BCUT2D eigenvalue weighted by Gasteiger charge is 2.29. The van der Waals surface area contributed by atoms with E-state index in [1.54, 1.807) is 29.3 Å². The summed E-state index contributed by atoms with van der Waals surface area (Å²) in [5.41, 5.74) is 1.30. The number of fused-ring (bicyclic) bond motifs is 1. The zero-order chi connectivity index (χ0) is 16.4. The monoisotopic (exact) mass is 320 g/mol. The molecule has 1 amide bonds. The summed E-state index contributed by atoms with van der Waals surface area (Å²) in [4.78, 5) is 18.9. The first-order valence-corrected chi connectivity index (χ1v) is 7.89. The van der Waals surface area contributed by atoms with Crippen LogP contribution in [0.15, 0.2) is 54.7 Å². The Morgan fingerprint density at radius 2 is 2.04 bits per heavy atom. The third-order valence-corrected chi connectivity index (χ3v) is 4.09. The first-order chi connectivity index (χ1) is 11.8. The Labute approximate surface area is 139 Å². The predicted octanol–water partition coefficient (Wildman–Crippen LogP) is 2.32. The van der Waals surface area contributed by atoms with E-state index in [4.69, 9.17) is 4.74 Å². The molecule has 1 aliphatic rings. The molecule has 0 saturated carbocycles. The minimum atomic E-state index is -0.0639. The third-order valence-electron chi connectivity index (χ3n) is 4.09. The minimum absolute atomic E-state index is 0.0638. The molecule has 0 N–H and O–H groups in total. The Kier molecular flexibility index (Phi) is 3.78. The highest BCUT2D eigenvalue weighted by Crippen LogP contribution is 2.19. The first kappa shape index (κ1) is 14.6. The Hall–Kier alpha value is -3.02. The van der Waals surface area contributed by atoms with Gasteiger partial charge in [-0.15, -0.1) is 5.10 Å². The van der Waals surface area contributed by atoms with Crippen molar-refractivity contribution in [3.8, 4) is 5.88 Å². The van der Waals surface area contributed by atoms with Crippen LogP contribution in [0.1, 0.15) is 16.9 Å². The highest BCUT2D eigenvalue weighted by molar-refractivity contribution is 5.95. The molecule has 1 atom stereocenters. The lowest BCUT2D eigenvalue weighted by Gasteiger charge is -2.16. The van der Waals surface area contributed by atoms with E-state index in [0.717, 1.165) is 17.3 Å². The van der Waals surface area contributed by atoms with E-state index < -0.39 is 0 Å². The van der Waals surface area contributed by atoms with Crippen molar-refractivity contribution in [2.45, 2.75) is 12.5 Å². The van der Waals surface area contributed by atoms with Crippen LogP contribution in [0.5, 0.6) is 5.88 Å². The second kappa shape index (κ2) is 6.23. The third kappa shape index (κ3) is 2.90. The Morgan fingerprint density at radius 1 is 1.12 bits per heavy atom. The molecular formula is C18H16N4O2. The topological polar surface area (TPSA) is 68.2 Å². The molecule has 1 unspecified atom stereocenters. The summed E-state index contributed by atoms with van der Waals surface area (Å²) in [6, 6.07) is 15.0. The van der Waals surface area contributed by atoms with E-state index in [0.29, 0.717) is 24.7 Å². The van der Waals surface area contributed by atoms with Gasteiger partial charge < -0.3 is 9.64 Å². The number of carbonyl (C=O) groups is 1. The van der Waals surface area contributed by atoms with Crippen molar-refractivity contribution in [3.63, 3.8) is 0 Å². The van der Waals surface area contributed by atoms with Crippen LogP contribution in [0.4, 0.5) is 0 Å². The average Bonchev–Trinajstić information content (AvgIpc) is 3.10. The van der Waals surface area contributed by atoms with E-state index >= 15 is 0 Å². The molecule has 1 aliphatic heterocycles. The van der Waals surface area contributed by atoms with Crippen LogP contribution in [-0.2, 0) is 0 Å². The van der Waals surface area contributed by atoms with Gasteiger partial charge in [-0.05, 0) is 18.2 Å². The number of rotatable bonds is 3. The number of para-hydroxylation sites is 1. The molecule has 1 saturated heterocycles. The molecule has 3 heterocycles. The standard InChI is InChI=1S/C18H16N4O2/c23-18(16-8-7-13-4-1-2-5-15(13)20-16)22-11-9-14(12-22)24-17-6-3-10-19-21-17/h1-8,10,14H,9,11-12H2. The molecule has 0 radical (unpaired) electrons. The number of hydrogen-bond acceptors (Lipinski definition) is 5. The fraction of sp³-hybridized carbons (Fsp3) is 0.222. The van der Waals surface area contributed by atoms with Crippen LogP contribution in [0.2, 0.25) is 0 Å². The van der Waals surface area contributed by atoms with Gasteiger partial charge in [0.25, 0.3) is 5.91 Å². The predicted molar refractivity (Wildman–Crippen MR) is 88.7 cm³/mol. The quantitative estimate of drug-likeness (QED) is 0.741. The summed E-state index contributed by atoms with van der Waals surface area (Å²) in [5.74, 6) is 0.423. The van der Waals surface area contributed by atoms with Gasteiger partial charge in [-0.1, -0.05) is 24.3 Å². The van der Waals surface area contributed by atoms with Crippen molar-refractivity contribution < 1.29 is 9.53 Å². The fourth-order valence-electron chi connectivity index (χ4n) is 2.88. The van der Waals surface area contributed by atoms with Crippen LogP contribution in [0, 0.1) is 0 Å². The van der Waals surface area contributed by atoms with E-state index in [9.17, 15) is 4.79 Å². The maximum absolute atomic E-state index is 12.7. The number of nitrogens with zero attached hydrogens (tertiary/aromatic N) is 4. The molecule has 6 nitrogen and oxygen atoms in total. The van der Waals surface area contributed by atoms with Crippen molar-refractivity contribution in [1.29, 1.82) is 0 Å². The molecule has 3 aromatic rings. The molecule has 24 heavy (non-hydrogen) atoms. The van der Waals surface area contributed by atoms with Crippen LogP contribution >= 0.6 is 0 Å². The van der Waals surface area contributed by atoms with Gasteiger partial charge >= 0.3 is 0 Å². The molecule has 6 heteroatoms. The van der Waals surface area contributed by atoms with Gasteiger partial charge in [-0.25, -0.2) is 4.98 Å². The SMILES string of the molecule is O=C(c1ccc2ccccc2n1)N1CCC(Oc2cccnn2)C1. The fourth-order valence-corrected chi connectivity index (χ4v) is 2.88. The molecule has 4 rings (SSSR count). The molecule has 0 bridgehead atoms. The van der Waals surface area contributed by atoms with Crippen molar-refractivity contribution >= 4 is 16.8 Å². The molecular weight excluding hydrogens is 304 g/mol. The number of aromatic nitrogens is 3. The molecule has 0 spiro atoms. The van der Waals surface area contributed by atoms with E-state index in [1.807, 2.05) is 30.3 Å².